The van der Waals surface area contributed by atoms with Crippen molar-refractivity contribution in [2.45, 2.75) is 155 Å². The van der Waals surface area contributed by atoms with Crippen LogP contribution in [0, 0.1) is 22.3 Å². The Morgan fingerprint density at radius 2 is 0.861 bits per heavy atom. The second-order valence-electron chi connectivity index (χ2n) is 15.3. The van der Waals surface area contributed by atoms with Crippen LogP contribution >= 0.6 is 0 Å². The molecule has 0 amide bonds. The molecule has 0 saturated carbocycles. The van der Waals surface area contributed by atoms with Gasteiger partial charge in [0.05, 0.1) is 34.0 Å². The van der Waals surface area contributed by atoms with Gasteiger partial charge in [-0.3, -0.25) is 9.59 Å². The van der Waals surface area contributed by atoms with Gasteiger partial charge in [-0.25, -0.2) is 0 Å². The zero-order chi connectivity index (χ0) is 28.1. The van der Waals surface area contributed by atoms with E-state index in [2.05, 4.69) is 0 Å². The molecule has 0 aromatic rings. The fourth-order valence-electron chi connectivity index (χ4n) is 6.56. The van der Waals surface area contributed by atoms with Gasteiger partial charge in [-0.15, -0.1) is 0 Å². The lowest BCUT2D eigenvalue weighted by Gasteiger charge is -2.54. The molecule has 0 bridgehead atoms. The number of nitrogens with one attached hydrogen (secondary N) is 2. The average molecular weight is 513 g/mol. The van der Waals surface area contributed by atoms with E-state index in [-0.39, 0.29) is 33.9 Å². The summed E-state index contributed by atoms with van der Waals surface area (Å²) in [6.45, 7) is 22.8. The van der Waals surface area contributed by atoms with E-state index in [0.717, 1.165) is 0 Å². The Labute approximate surface area is 218 Å². The molecule has 0 radical (unpaired) electrons. The van der Waals surface area contributed by atoms with Crippen molar-refractivity contribution in [3.8, 4) is 0 Å². The minimum absolute atomic E-state index is 0.191. The van der Waals surface area contributed by atoms with Crippen LogP contribution in [0.3, 0.4) is 0 Å². The Morgan fingerprint density at radius 1 is 0.639 bits per heavy atom. The van der Waals surface area contributed by atoms with Crippen molar-refractivity contribution in [1.82, 2.24) is 0 Å². The molecule has 2 saturated heterocycles. The van der Waals surface area contributed by atoms with E-state index >= 15 is 0 Å². The van der Waals surface area contributed by atoms with Crippen LogP contribution in [0.15, 0.2) is 0 Å². The highest BCUT2D eigenvalue weighted by atomic mass is 16.6. The maximum Gasteiger partial charge on any atom is 0.309 e. The second-order valence-corrected chi connectivity index (χ2v) is 15.3. The minimum atomic E-state index is -0.738. The van der Waals surface area contributed by atoms with E-state index in [4.69, 9.17) is 9.47 Å². The quantitative estimate of drug-likeness (QED) is 0.401. The molecule has 2 N–H and O–H groups in total. The van der Waals surface area contributed by atoms with Gasteiger partial charge in [0.25, 0.3) is 0 Å². The van der Waals surface area contributed by atoms with Gasteiger partial charge >= 0.3 is 11.9 Å². The van der Waals surface area contributed by atoms with Crippen molar-refractivity contribution in [2.24, 2.45) is 11.8 Å². The fourth-order valence-corrected chi connectivity index (χ4v) is 6.56. The fraction of sp³-hybridized carbons (Fsp3) is 0.929. The van der Waals surface area contributed by atoms with Crippen LogP contribution in [0.5, 0.6) is 0 Å². The first kappa shape index (κ1) is 31.0. The molecular weight excluding hydrogens is 460 g/mol. The third kappa shape index (κ3) is 7.21. The average Bonchev–Trinajstić information content (AvgIpc) is 2.67. The first-order valence-electron chi connectivity index (χ1n) is 13.5. The summed E-state index contributed by atoms with van der Waals surface area (Å²) < 4.78 is 11.9. The monoisotopic (exact) mass is 512 g/mol. The maximum absolute atomic E-state index is 13.1. The topological polar surface area (TPSA) is 108 Å². The van der Waals surface area contributed by atoms with Gasteiger partial charge in [-0.1, -0.05) is 0 Å². The minimum Gasteiger partial charge on any atom is -0.634 e. The largest absolute Gasteiger partial charge is 0.634 e. The number of hydrogen-bond acceptors (Lipinski definition) is 6. The highest BCUT2D eigenvalue weighted by Crippen LogP contribution is 2.34. The molecule has 0 atom stereocenters. The van der Waals surface area contributed by atoms with Gasteiger partial charge < -0.3 is 30.0 Å². The summed E-state index contributed by atoms with van der Waals surface area (Å²) in [5.74, 6) is -1.17. The van der Waals surface area contributed by atoms with Gasteiger partial charge in [0.1, 0.15) is 11.2 Å². The van der Waals surface area contributed by atoms with Gasteiger partial charge in [-0.2, -0.15) is 0 Å². The van der Waals surface area contributed by atoms with Crippen molar-refractivity contribution >= 4 is 11.9 Å². The zero-order valence-electron chi connectivity index (χ0n) is 24.8. The molecular formula is C28H52N2O6. The van der Waals surface area contributed by atoms with Crippen LogP contribution in [-0.4, -0.2) is 45.3 Å². The molecule has 36 heavy (non-hydrogen) atoms. The predicted octanol–water partition coefficient (Wildman–Crippen LogP) is 3.11. The second kappa shape index (κ2) is 9.83. The molecule has 0 aromatic heterocycles. The molecule has 0 spiro atoms. The van der Waals surface area contributed by atoms with E-state index in [1.165, 1.54) is 0 Å². The van der Waals surface area contributed by atoms with Crippen LogP contribution in [0.1, 0.15) is 122 Å². The molecule has 0 aliphatic carbocycles. The zero-order valence-corrected chi connectivity index (χ0v) is 24.8. The molecule has 0 unspecified atom stereocenters. The lowest BCUT2D eigenvalue weighted by molar-refractivity contribution is -0.956. The lowest BCUT2D eigenvalue weighted by atomic mass is 9.75. The van der Waals surface area contributed by atoms with Crippen molar-refractivity contribution in [1.29, 1.82) is 0 Å². The number of ether oxygens (including phenoxy) is 2. The van der Waals surface area contributed by atoms with E-state index < -0.39 is 33.4 Å². The van der Waals surface area contributed by atoms with Crippen molar-refractivity contribution < 1.29 is 29.2 Å². The number of esters is 2. The third-order valence-corrected chi connectivity index (χ3v) is 8.24. The van der Waals surface area contributed by atoms with E-state index in [0.29, 0.717) is 38.5 Å². The summed E-state index contributed by atoms with van der Waals surface area (Å²) in [7, 11) is 0. The molecule has 0 aromatic carbocycles. The maximum atomic E-state index is 13.1. The van der Waals surface area contributed by atoms with Crippen LogP contribution in [0.25, 0.3) is 0 Å². The standard InChI is InChI=1S/C28H52N2O6/c1-23(2)15-19(16-24(3,4)29(23)33)21(31)35-27(9,10)13-14-28(11,12)36-22(32)20-17-25(5,6)30(34)26(7,8)18-20/h19-20,29-30H,13-18H2,1-12H3. The Hall–Kier alpha value is -1.22. The summed E-state index contributed by atoms with van der Waals surface area (Å²) in [6.07, 6.45) is 3.01. The van der Waals surface area contributed by atoms with Crippen molar-refractivity contribution in [3.63, 3.8) is 0 Å². The van der Waals surface area contributed by atoms with Crippen LogP contribution in [-0.2, 0) is 19.1 Å². The van der Waals surface area contributed by atoms with Crippen LogP contribution in [0.2, 0.25) is 0 Å². The number of hydrogen-bond donors (Lipinski definition) is 2. The van der Waals surface area contributed by atoms with Gasteiger partial charge in [0.15, 0.2) is 0 Å². The first-order chi connectivity index (χ1) is 15.9. The summed E-state index contributed by atoms with van der Waals surface area (Å²) >= 11 is 0. The van der Waals surface area contributed by atoms with E-state index in [1.54, 1.807) is 0 Å². The van der Waals surface area contributed by atoms with Gasteiger partial charge in [0, 0.05) is 25.7 Å². The van der Waals surface area contributed by atoms with Crippen LogP contribution in [0.4, 0.5) is 0 Å². The highest BCUT2D eigenvalue weighted by molar-refractivity contribution is 5.74. The molecule has 8 nitrogen and oxygen atoms in total. The van der Waals surface area contributed by atoms with Gasteiger partial charge in [0.2, 0.25) is 0 Å². The summed E-state index contributed by atoms with van der Waals surface area (Å²) in [4.78, 5) is 26.2. The SMILES string of the molecule is CC(C)(CCC(C)(C)OC(=O)C1CC(C)(C)[NH+]([O-])C(C)(C)C1)OC(=O)C1CC(C)(C)[NH+]([O-])C(C)(C)C1. The summed E-state index contributed by atoms with van der Waals surface area (Å²) in [5.41, 5.74) is -3.70. The van der Waals surface area contributed by atoms with E-state index in [9.17, 15) is 20.0 Å². The first-order valence-corrected chi connectivity index (χ1v) is 13.5. The summed E-state index contributed by atoms with van der Waals surface area (Å²) in [5, 5.41) is 25.8. The molecule has 2 rings (SSSR count). The van der Waals surface area contributed by atoms with Crippen LogP contribution < -0.4 is 10.1 Å². The number of rotatable bonds is 7. The molecule has 8 heteroatoms. The van der Waals surface area contributed by atoms with Crippen molar-refractivity contribution in [2.75, 3.05) is 0 Å². The molecule has 2 heterocycles. The summed E-state index contributed by atoms with van der Waals surface area (Å²) in [6, 6.07) is 0. The highest BCUT2D eigenvalue weighted by Gasteiger charge is 2.50. The molecule has 2 aliphatic heterocycles. The van der Waals surface area contributed by atoms with Crippen molar-refractivity contribution in [3.05, 3.63) is 10.4 Å². The molecule has 210 valence electrons. The lowest BCUT2D eigenvalue weighted by Crippen LogP contribution is -3.23. The van der Waals surface area contributed by atoms with E-state index in [1.807, 2.05) is 83.1 Å². The Balaban J connectivity index is 1.97. The predicted molar refractivity (Wildman–Crippen MR) is 140 cm³/mol. The number of piperidine rings is 2. The van der Waals surface area contributed by atoms with Gasteiger partial charge in [-0.05, 0) is 95.9 Å². The Kier molecular flexibility index (Phi) is 8.46. The number of carbonyl (C=O) groups excluding carboxylic acids is 2. The Bertz CT molecular complexity index is 726. The molecule has 2 fully saturated rings. The number of hydroxylamine groups is 4. The normalized spacial score (nSPS) is 31.4. The number of quaternary nitrogens is 2. The number of carbonyl (C=O) groups is 2. The molecule has 2 aliphatic rings. The smallest absolute Gasteiger partial charge is 0.309 e. The third-order valence-electron chi connectivity index (χ3n) is 8.24. The Morgan fingerprint density at radius 3 is 1.08 bits per heavy atom.